The maximum absolute atomic E-state index is 12.7. The van der Waals surface area contributed by atoms with Crippen LogP contribution in [0, 0.1) is 5.82 Å². The minimum Gasteiger partial charge on any atom is -0.475 e. The van der Waals surface area contributed by atoms with Crippen LogP contribution in [0.2, 0.25) is 0 Å². The molecule has 0 radical (unpaired) electrons. The van der Waals surface area contributed by atoms with Gasteiger partial charge in [0.1, 0.15) is 5.82 Å². The van der Waals surface area contributed by atoms with Crippen molar-refractivity contribution >= 4 is 5.97 Å². The lowest BCUT2D eigenvalue weighted by Gasteiger charge is -2.05. The van der Waals surface area contributed by atoms with Crippen LogP contribution in [-0.4, -0.2) is 20.6 Å². The van der Waals surface area contributed by atoms with Gasteiger partial charge in [0.2, 0.25) is 5.82 Å². The summed E-state index contributed by atoms with van der Waals surface area (Å²) in [4.78, 5) is 14.6. The molecule has 17 heavy (non-hydrogen) atoms. The van der Waals surface area contributed by atoms with Gasteiger partial charge in [-0.25, -0.2) is 14.2 Å². The molecule has 0 unspecified atom stereocenters. The molecule has 0 atom stereocenters. The first-order valence-corrected chi connectivity index (χ1v) is 5.15. The number of hydrogen-bond acceptors (Lipinski definition) is 2. The van der Waals surface area contributed by atoms with E-state index < -0.39 is 5.97 Å². The molecule has 2 aromatic rings. The quantitative estimate of drug-likeness (QED) is 0.879. The largest absolute Gasteiger partial charge is 0.475 e. The molecule has 0 spiro atoms. The summed E-state index contributed by atoms with van der Waals surface area (Å²) in [7, 11) is 0. The Morgan fingerprint density at radius 3 is 2.71 bits per heavy atom. The first kappa shape index (κ1) is 11.3. The number of aromatic carboxylic acids is 1. The summed E-state index contributed by atoms with van der Waals surface area (Å²) in [6.07, 6.45) is 3.71. The molecule has 88 valence electrons. The number of carbonyl (C=O) groups is 1. The third kappa shape index (κ3) is 2.69. The highest BCUT2D eigenvalue weighted by molar-refractivity contribution is 5.83. The van der Waals surface area contributed by atoms with Gasteiger partial charge in [-0.05, 0) is 24.1 Å². The predicted octanol–water partition coefficient (Wildman–Crippen LogP) is 1.96. The van der Waals surface area contributed by atoms with E-state index in [-0.39, 0.29) is 11.6 Å². The number of aromatic nitrogens is 2. The standard InChI is InChI=1S/C12H11FN2O2/c13-10-3-1-9(2-4-10)5-7-15-8-6-14-11(15)12(16)17/h1-4,6,8H,5,7H2,(H,16,17). The average Bonchev–Trinajstić information content (AvgIpc) is 2.76. The fraction of sp³-hybridized carbons (Fsp3) is 0.167. The summed E-state index contributed by atoms with van der Waals surface area (Å²) >= 11 is 0. The highest BCUT2D eigenvalue weighted by atomic mass is 19.1. The van der Waals surface area contributed by atoms with Gasteiger partial charge in [0, 0.05) is 18.9 Å². The van der Waals surface area contributed by atoms with Crippen LogP contribution < -0.4 is 0 Å². The third-order valence-corrected chi connectivity index (χ3v) is 2.46. The number of aryl methyl sites for hydroxylation is 2. The van der Waals surface area contributed by atoms with Crippen molar-refractivity contribution in [2.24, 2.45) is 0 Å². The molecule has 0 saturated carbocycles. The molecular weight excluding hydrogens is 223 g/mol. The Hall–Kier alpha value is -2.17. The molecular formula is C12H11FN2O2. The lowest BCUT2D eigenvalue weighted by Crippen LogP contribution is -2.10. The zero-order chi connectivity index (χ0) is 12.3. The molecule has 4 nitrogen and oxygen atoms in total. The number of hydrogen-bond donors (Lipinski definition) is 1. The summed E-state index contributed by atoms with van der Waals surface area (Å²) in [6, 6.07) is 6.15. The molecule has 0 aliphatic carbocycles. The molecule has 1 aromatic heterocycles. The number of carboxylic acids is 1. The second kappa shape index (κ2) is 4.78. The molecule has 0 aliphatic rings. The summed E-state index contributed by atoms with van der Waals surface area (Å²) < 4.78 is 14.2. The Labute approximate surface area is 97.3 Å². The summed E-state index contributed by atoms with van der Waals surface area (Å²) in [5.74, 6) is -1.30. The fourth-order valence-corrected chi connectivity index (χ4v) is 1.59. The van der Waals surface area contributed by atoms with E-state index in [4.69, 9.17) is 5.11 Å². The Bertz CT molecular complexity index is 520. The summed E-state index contributed by atoms with van der Waals surface area (Å²) in [5, 5.41) is 8.86. The number of carboxylic acid groups (broad SMARTS) is 1. The lowest BCUT2D eigenvalue weighted by molar-refractivity contribution is 0.0678. The average molecular weight is 234 g/mol. The molecule has 0 bridgehead atoms. The van der Waals surface area contributed by atoms with Crippen LogP contribution in [0.1, 0.15) is 16.2 Å². The zero-order valence-corrected chi connectivity index (χ0v) is 9.01. The smallest absolute Gasteiger partial charge is 0.372 e. The van der Waals surface area contributed by atoms with Crippen molar-refractivity contribution in [1.29, 1.82) is 0 Å². The molecule has 5 heteroatoms. The van der Waals surface area contributed by atoms with Gasteiger partial charge in [0.15, 0.2) is 0 Å². The second-order valence-electron chi connectivity index (χ2n) is 3.63. The van der Waals surface area contributed by atoms with Crippen molar-refractivity contribution in [2.75, 3.05) is 0 Å². The van der Waals surface area contributed by atoms with Crippen LogP contribution in [0.4, 0.5) is 4.39 Å². The summed E-state index contributed by atoms with van der Waals surface area (Å²) in [5.41, 5.74) is 0.955. The molecule has 0 amide bonds. The zero-order valence-electron chi connectivity index (χ0n) is 9.01. The second-order valence-corrected chi connectivity index (χ2v) is 3.63. The van der Waals surface area contributed by atoms with Gasteiger partial charge in [-0.2, -0.15) is 0 Å². The van der Waals surface area contributed by atoms with E-state index in [1.54, 1.807) is 22.9 Å². The van der Waals surface area contributed by atoms with E-state index in [9.17, 15) is 9.18 Å². The van der Waals surface area contributed by atoms with Crippen LogP contribution in [0.3, 0.4) is 0 Å². The highest BCUT2D eigenvalue weighted by Crippen LogP contribution is 2.06. The highest BCUT2D eigenvalue weighted by Gasteiger charge is 2.10. The number of rotatable bonds is 4. The van der Waals surface area contributed by atoms with Crippen molar-refractivity contribution in [3.8, 4) is 0 Å². The van der Waals surface area contributed by atoms with Crippen LogP contribution in [-0.2, 0) is 13.0 Å². The van der Waals surface area contributed by atoms with Crippen LogP contribution >= 0.6 is 0 Å². The third-order valence-electron chi connectivity index (χ3n) is 2.46. The van der Waals surface area contributed by atoms with E-state index in [1.165, 1.54) is 18.3 Å². The van der Waals surface area contributed by atoms with Gasteiger partial charge in [-0.1, -0.05) is 12.1 Å². The first-order chi connectivity index (χ1) is 8.16. The monoisotopic (exact) mass is 234 g/mol. The summed E-state index contributed by atoms with van der Waals surface area (Å²) in [6.45, 7) is 0.507. The Balaban J connectivity index is 2.05. The van der Waals surface area contributed by atoms with Crippen molar-refractivity contribution in [3.63, 3.8) is 0 Å². The van der Waals surface area contributed by atoms with Gasteiger partial charge in [-0.15, -0.1) is 0 Å². The molecule has 1 aromatic carbocycles. The van der Waals surface area contributed by atoms with E-state index >= 15 is 0 Å². The molecule has 0 aliphatic heterocycles. The maximum Gasteiger partial charge on any atom is 0.372 e. The van der Waals surface area contributed by atoms with Crippen LogP contribution in [0.25, 0.3) is 0 Å². The number of imidazole rings is 1. The SMILES string of the molecule is O=C(O)c1nccn1CCc1ccc(F)cc1. The van der Waals surface area contributed by atoms with E-state index in [0.29, 0.717) is 13.0 Å². The first-order valence-electron chi connectivity index (χ1n) is 5.15. The number of nitrogens with zero attached hydrogens (tertiary/aromatic N) is 2. The minimum absolute atomic E-state index is 0.0205. The molecule has 0 saturated heterocycles. The van der Waals surface area contributed by atoms with E-state index in [2.05, 4.69) is 4.98 Å². The Morgan fingerprint density at radius 2 is 2.06 bits per heavy atom. The molecule has 2 rings (SSSR count). The predicted molar refractivity (Wildman–Crippen MR) is 59.3 cm³/mol. The van der Waals surface area contributed by atoms with Crippen molar-refractivity contribution in [3.05, 3.63) is 53.9 Å². The number of benzene rings is 1. The topological polar surface area (TPSA) is 55.1 Å². The van der Waals surface area contributed by atoms with Gasteiger partial charge in [-0.3, -0.25) is 0 Å². The number of halogens is 1. The molecule has 0 fully saturated rings. The van der Waals surface area contributed by atoms with Gasteiger partial charge < -0.3 is 9.67 Å². The Morgan fingerprint density at radius 1 is 1.35 bits per heavy atom. The lowest BCUT2D eigenvalue weighted by atomic mass is 10.1. The van der Waals surface area contributed by atoms with Crippen molar-refractivity contribution in [1.82, 2.24) is 9.55 Å². The Kier molecular flexibility index (Phi) is 3.18. The van der Waals surface area contributed by atoms with E-state index in [1.807, 2.05) is 0 Å². The molecule has 1 N–H and O–H groups in total. The van der Waals surface area contributed by atoms with E-state index in [0.717, 1.165) is 5.56 Å². The van der Waals surface area contributed by atoms with Gasteiger partial charge in [0.05, 0.1) is 0 Å². The maximum atomic E-state index is 12.7. The van der Waals surface area contributed by atoms with Crippen LogP contribution in [0.15, 0.2) is 36.7 Å². The van der Waals surface area contributed by atoms with Gasteiger partial charge in [0.25, 0.3) is 0 Å². The van der Waals surface area contributed by atoms with Crippen molar-refractivity contribution in [2.45, 2.75) is 13.0 Å². The minimum atomic E-state index is -1.05. The molecule has 1 heterocycles. The van der Waals surface area contributed by atoms with Crippen LogP contribution in [0.5, 0.6) is 0 Å². The van der Waals surface area contributed by atoms with Gasteiger partial charge >= 0.3 is 5.97 Å². The fourth-order valence-electron chi connectivity index (χ4n) is 1.59. The van der Waals surface area contributed by atoms with Crippen molar-refractivity contribution < 1.29 is 14.3 Å². The normalized spacial score (nSPS) is 10.4.